The van der Waals surface area contributed by atoms with Gasteiger partial charge in [-0.25, -0.2) is 0 Å². The van der Waals surface area contributed by atoms with E-state index in [1.807, 2.05) is 30.3 Å². The maximum Gasteiger partial charge on any atom is 0.299 e. The molecule has 3 amide bonds. The fourth-order valence-corrected chi connectivity index (χ4v) is 5.55. The molecule has 0 radical (unpaired) electrons. The van der Waals surface area contributed by atoms with E-state index >= 15 is 0 Å². The quantitative estimate of drug-likeness (QED) is 0.434. The predicted octanol–water partition coefficient (Wildman–Crippen LogP) is 4.59. The van der Waals surface area contributed by atoms with Crippen molar-refractivity contribution in [2.45, 2.75) is 44.2 Å². The standard InChI is InChI=1S/C31H31N3O5/c1-39-24-16-14-23(15-17-24)32-30(38)31(18-8-3-9-19-31)34(20-22-10-4-2-5-11-22)27(35)21-33-26-13-7-6-12-25(26)28(36)29(33)37/h2,4-7,10-17H,3,8-9,18-21H2,1H3,(H,32,38). The Balaban J connectivity index is 1.49. The molecule has 0 unspecified atom stereocenters. The zero-order chi connectivity index (χ0) is 27.4. The molecule has 1 fully saturated rings. The van der Waals surface area contributed by atoms with Crippen molar-refractivity contribution in [1.82, 2.24) is 4.90 Å². The smallest absolute Gasteiger partial charge is 0.299 e. The number of hydrogen-bond acceptors (Lipinski definition) is 5. The van der Waals surface area contributed by atoms with Gasteiger partial charge in [0.25, 0.3) is 11.7 Å². The normalized spacial score (nSPS) is 16.0. The monoisotopic (exact) mass is 525 g/mol. The average Bonchev–Trinajstić information content (AvgIpc) is 3.22. The highest BCUT2D eigenvalue weighted by molar-refractivity contribution is 6.52. The molecule has 1 aliphatic carbocycles. The molecule has 8 nitrogen and oxygen atoms in total. The number of hydrogen-bond donors (Lipinski definition) is 1. The second kappa shape index (κ2) is 11.1. The maximum atomic E-state index is 14.1. The van der Waals surface area contributed by atoms with Gasteiger partial charge in [-0.3, -0.25) is 24.1 Å². The lowest BCUT2D eigenvalue weighted by Gasteiger charge is -2.45. The minimum atomic E-state index is -1.11. The zero-order valence-corrected chi connectivity index (χ0v) is 21.9. The number of nitrogens with zero attached hydrogens (tertiary/aromatic N) is 2. The number of benzene rings is 3. The number of anilines is 2. The Morgan fingerprint density at radius 1 is 0.897 bits per heavy atom. The molecule has 8 heteroatoms. The number of fused-ring (bicyclic) bond motifs is 1. The Kier molecular flexibility index (Phi) is 7.45. The molecule has 0 spiro atoms. The van der Waals surface area contributed by atoms with E-state index < -0.39 is 17.2 Å². The van der Waals surface area contributed by atoms with Crippen LogP contribution in [0.2, 0.25) is 0 Å². The van der Waals surface area contributed by atoms with Crippen LogP contribution in [0.15, 0.2) is 78.9 Å². The van der Waals surface area contributed by atoms with E-state index in [1.54, 1.807) is 60.5 Å². The van der Waals surface area contributed by atoms with Gasteiger partial charge in [-0.2, -0.15) is 0 Å². The molecule has 1 aliphatic heterocycles. The molecule has 1 saturated carbocycles. The summed E-state index contributed by atoms with van der Waals surface area (Å²) < 4.78 is 5.23. The van der Waals surface area contributed by atoms with Crippen molar-refractivity contribution < 1.29 is 23.9 Å². The zero-order valence-electron chi connectivity index (χ0n) is 21.9. The van der Waals surface area contributed by atoms with Crippen LogP contribution in [0.3, 0.4) is 0 Å². The third-order valence-corrected chi connectivity index (χ3v) is 7.62. The van der Waals surface area contributed by atoms with Crippen molar-refractivity contribution >= 4 is 34.9 Å². The molecular formula is C31H31N3O5. The summed E-state index contributed by atoms with van der Waals surface area (Å²) in [4.78, 5) is 56.5. The van der Waals surface area contributed by atoms with E-state index in [4.69, 9.17) is 4.74 Å². The van der Waals surface area contributed by atoms with E-state index in [0.29, 0.717) is 30.0 Å². The average molecular weight is 526 g/mol. The number of carbonyl (C=O) groups is 4. The SMILES string of the molecule is COc1ccc(NC(=O)C2(N(Cc3ccccc3)C(=O)CN3C(=O)C(=O)c4ccccc43)CCCCC2)cc1. The van der Waals surface area contributed by atoms with Gasteiger partial charge in [0.2, 0.25) is 11.8 Å². The molecule has 0 atom stereocenters. The summed E-state index contributed by atoms with van der Waals surface area (Å²) in [5.74, 6) is -1.34. The van der Waals surface area contributed by atoms with Gasteiger partial charge in [0.15, 0.2) is 0 Å². The predicted molar refractivity (Wildman–Crippen MR) is 148 cm³/mol. The molecule has 200 valence electrons. The van der Waals surface area contributed by atoms with E-state index in [0.717, 1.165) is 24.8 Å². The lowest BCUT2D eigenvalue weighted by molar-refractivity contribution is -0.148. The fourth-order valence-electron chi connectivity index (χ4n) is 5.55. The second-order valence-corrected chi connectivity index (χ2v) is 9.98. The van der Waals surface area contributed by atoms with Gasteiger partial charge in [-0.05, 0) is 54.8 Å². The van der Waals surface area contributed by atoms with Crippen LogP contribution in [-0.2, 0) is 20.9 Å². The second-order valence-electron chi connectivity index (χ2n) is 9.98. The lowest BCUT2D eigenvalue weighted by atomic mass is 9.78. The third-order valence-electron chi connectivity index (χ3n) is 7.62. The van der Waals surface area contributed by atoms with Crippen molar-refractivity contribution in [3.63, 3.8) is 0 Å². The van der Waals surface area contributed by atoms with Crippen molar-refractivity contribution in [2.24, 2.45) is 0 Å². The number of ketones is 1. The van der Waals surface area contributed by atoms with Crippen molar-refractivity contribution in [1.29, 1.82) is 0 Å². The number of Topliss-reactive ketones (excluding diaryl/α,β-unsaturated/α-hetero) is 1. The molecule has 0 aromatic heterocycles. The van der Waals surface area contributed by atoms with E-state index in [9.17, 15) is 19.2 Å². The minimum Gasteiger partial charge on any atom is -0.497 e. The van der Waals surface area contributed by atoms with Gasteiger partial charge < -0.3 is 15.0 Å². The van der Waals surface area contributed by atoms with Crippen molar-refractivity contribution in [3.8, 4) is 5.75 Å². The van der Waals surface area contributed by atoms with Gasteiger partial charge in [0.1, 0.15) is 17.8 Å². The van der Waals surface area contributed by atoms with Crippen LogP contribution in [0.4, 0.5) is 11.4 Å². The number of methoxy groups -OCH3 is 1. The van der Waals surface area contributed by atoms with E-state index in [1.165, 1.54) is 4.90 Å². The first kappa shape index (κ1) is 26.2. The lowest BCUT2D eigenvalue weighted by Crippen LogP contribution is -2.61. The van der Waals surface area contributed by atoms with Gasteiger partial charge in [0.05, 0.1) is 18.4 Å². The first-order chi connectivity index (χ1) is 18.9. The number of para-hydroxylation sites is 1. The minimum absolute atomic E-state index is 0.202. The molecule has 3 aromatic carbocycles. The van der Waals surface area contributed by atoms with Crippen LogP contribution in [0, 0.1) is 0 Å². The summed E-state index contributed by atoms with van der Waals surface area (Å²) in [5.41, 5.74) is 1.07. The fraction of sp³-hybridized carbons (Fsp3) is 0.290. The van der Waals surface area contributed by atoms with Crippen molar-refractivity contribution in [2.75, 3.05) is 23.9 Å². The van der Waals surface area contributed by atoms with Gasteiger partial charge in [0, 0.05) is 12.2 Å². The van der Waals surface area contributed by atoms with Gasteiger partial charge >= 0.3 is 0 Å². The van der Waals surface area contributed by atoms with Crippen LogP contribution in [0.5, 0.6) is 5.75 Å². The molecule has 1 N–H and O–H groups in total. The third kappa shape index (κ3) is 5.14. The summed E-state index contributed by atoms with van der Waals surface area (Å²) in [5, 5.41) is 3.03. The first-order valence-corrected chi connectivity index (χ1v) is 13.2. The number of nitrogens with one attached hydrogen (secondary N) is 1. The van der Waals surface area contributed by atoms with Crippen LogP contribution < -0.4 is 15.0 Å². The molecule has 3 aromatic rings. The van der Waals surface area contributed by atoms with Crippen LogP contribution in [0.25, 0.3) is 0 Å². The Bertz CT molecular complexity index is 1380. The highest BCUT2D eigenvalue weighted by Gasteiger charge is 2.48. The Labute approximate surface area is 227 Å². The Hall–Kier alpha value is -4.46. The molecule has 39 heavy (non-hydrogen) atoms. The highest BCUT2D eigenvalue weighted by Crippen LogP contribution is 2.37. The summed E-state index contributed by atoms with van der Waals surface area (Å²) in [7, 11) is 1.58. The summed E-state index contributed by atoms with van der Waals surface area (Å²) >= 11 is 0. The Morgan fingerprint density at radius 2 is 1.56 bits per heavy atom. The van der Waals surface area contributed by atoms with E-state index in [-0.39, 0.29) is 30.5 Å². The van der Waals surface area contributed by atoms with Crippen molar-refractivity contribution in [3.05, 3.63) is 90.0 Å². The highest BCUT2D eigenvalue weighted by atomic mass is 16.5. The number of amides is 3. The molecule has 2 aliphatic rings. The molecule has 5 rings (SSSR count). The van der Waals surface area contributed by atoms with Crippen LogP contribution in [-0.4, -0.2) is 47.6 Å². The van der Waals surface area contributed by atoms with E-state index in [2.05, 4.69) is 5.32 Å². The summed E-state index contributed by atoms with van der Waals surface area (Å²) in [6, 6.07) is 23.3. The molecule has 0 bridgehead atoms. The number of ether oxygens (including phenoxy) is 1. The number of carbonyl (C=O) groups excluding carboxylic acids is 4. The molecule has 0 saturated heterocycles. The van der Waals surface area contributed by atoms with Gasteiger partial charge in [-0.1, -0.05) is 61.7 Å². The molecular weight excluding hydrogens is 494 g/mol. The summed E-state index contributed by atoms with van der Waals surface area (Å²) in [6.07, 6.45) is 3.54. The van der Waals surface area contributed by atoms with Gasteiger partial charge in [-0.15, -0.1) is 0 Å². The van der Waals surface area contributed by atoms with Crippen LogP contribution >= 0.6 is 0 Å². The van der Waals surface area contributed by atoms with Crippen LogP contribution in [0.1, 0.15) is 48.0 Å². The first-order valence-electron chi connectivity index (χ1n) is 13.2. The number of rotatable bonds is 8. The molecule has 1 heterocycles. The summed E-state index contributed by atoms with van der Waals surface area (Å²) in [6.45, 7) is -0.126. The Morgan fingerprint density at radius 3 is 2.26 bits per heavy atom. The topological polar surface area (TPSA) is 96.0 Å². The largest absolute Gasteiger partial charge is 0.497 e. The maximum absolute atomic E-state index is 14.1.